The Labute approximate surface area is 86.0 Å². The molecule has 0 fully saturated rings. The topological polar surface area (TPSA) is 0 Å². The van der Waals surface area contributed by atoms with Gasteiger partial charge < -0.3 is 0 Å². The van der Waals surface area contributed by atoms with E-state index in [1.54, 1.807) is 0 Å². The summed E-state index contributed by atoms with van der Waals surface area (Å²) < 4.78 is 7.21. The predicted molar refractivity (Wildman–Crippen MR) is 74.1 cm³/mol. The van der Waals surface area contributed by atoms with Gasteiger partial charge in [-0.1, -0.05) is 75.5 Å². The molecule has 9 heavy (non-hydrogen) atoms. The molecule has 0 aliphatic carbocycles. The van der Waals surface area contributed by atoms with E-state index >= 15 is 0 Å². The molecule has 0 bridgehead atoms. The van der Waals surface area contributed by atoms with Crippen molar-refractivity contribution in [2.75, 3.05) is 0 Å². The highest BCUT2D eigenvalue weighted by atomic mass is 127. The van der Waals surface area contributed by atoms with E-state index in [0.717, 1.165) is 0 Å². The van der Waals surface area contributed by atoms with Gasteiger partial charge in [0.15, 0.2) is 0 Å². The van der Waals surface area contributed by atoms with Crippen molar-refractivity contribution < 1.29 is 0 Å². The third-order valence-electron chi connectivity index (χ3n) is 0.853. The molecular formula is C6H9I3. The Morgan fingerprint density at radius 3 is 2.89 bits per heavy atom. The molecule has 0 aromatic heterocycles. The highest BCUT2D eigenvalue weighted by Crippen LogP contribution is 2.22. The Hall–Kier alpha value is 1.80. The summed E-state index contributed by atoms with van der Waals surface area (Å²) in [4.78, 5) is 0. The maximum Gasteiger partial charge on any atom is 0.0192 e. The summed E-state index contributed by atoms with van der Waals surface area (Å²) in [6, 6.07) is 0. The maximum atomic E-state index is 2.62. The second kappa shape index (κ2) is 5.45. The lowest BCUT2D eigenvalue weighted by molar-refractivity contribution is 1.02. The minimum absolute atomic E-state index is 0.501. The molecule has 1 aliphatic heterocycles. The molecular weight excluding hydrogens is 453 g/mol. The second-order valence-electron chi connectivity index (χ2n) is 1.60. The first kappa shape index (κ1) is 8.89. The molecule has 1 rings (SSSR count). The van der Waals surface area contributed by atoms with Crippen molar-refractivity contribution in [3.63, 3.8) is 0 Å². The van der Waals surface area contributed by atoms with E-state index in [9.17, 15) is 0 Å². The van der Waals surface area contributed by atoms with E-state index in [-0.39, 0.29) is 0 Å². The van der Waals surface area contributed by atoms with Gasteiger partial charge in [-0.3, -0.25) is 0 Å². The Morgan fingerprint density at radius 1 is 1.44 bits per heavy atom. The van der Waals surface area contributed by atoms with Crippen LogP contribution in [0.2, 0.25) is 0 Å². The summed E-state index contributed by atoms with van der Waals surface area (Å²) in [5.74, 6) is 0. The Kier molecular flexibility index (Phi) is 5.39. The molecule has 0 amide bonds. The lowest BCUT2D eigenvalue weighted by Crippen LogP contribution is -1.81. The van der Waals surface area contributed by atoms with Crippen molar-refractivity contribution in [2.45, 2.75) is 19.8 Å². The molecule has 0 unspecified atom stereocenters. The standard InChI is InChI=1S/C6H9I3/c1-2-3-6-8-4-7-5-9-6/h4-5H,2-3H2,1H3. The summed E-state index contributed by atoms with van der Waals surface area (Å²) in [6.45, 7) is 2.30. The molecule has 0 aromatic carbocycles. The molecule has 1 heterocycles. The minimum atomic E-state index is 0.501. The van der Waals surface area contributed by atoms with Crippen molar-refractivity contribution in [2.24, 2.45) is 0 Å². The van der Waals surface area contributed by atoms with Crippen LogP contribution in [0, 0.1) is 0 Å². The fraction of sp³-hybridized carbons (Fsp3) is 0.500. The molecule has 0 spiro atoms. The van der Waals surface area contributed by atoms with Crippen LogP contribution in [-0.2, 0) is 0 Å². The van der Waals surface area contributed by atoms with Gasteiger partial charge in [0, 0.05) is 5.55 Å². The van der Waals surface area contributed by atoms with Gasteiger partial charge in [-0.15, -0.1) is 0 Å². The first-order valence-electron chi connectivity index (χ1n) is 2.81. The van der Waals surface area contributed by atoms with Gasteiger partial charge in [0.2, 0.25) is 0 Å². The minimum Gasteiger partial charge on any atom is -0.0811 e. The number of rotatable bonds is 2. The van der Waals surface area contributed by atoms with Crippen LogP contribution >= 0.6 is 62.2 Å². The molecule has 0 saturated heterocycles. The molecule has 3 heteroatoms. The monoisotopic (exact) mass is 462 g/mol. The van der Waals surface area contributed by atoms with Gasteiger partial charge in [-0.25, -0.2) is 0 Å². The third-order valence-corrected chi connectivity index (χ3v) is 14.3. The summed E-state index contributed by atoms with van der Waals surface area (Å²) in [7, 11) is 0. The summed E-state index contributed by atoms with van der Waals surface area (Å²) in [6.07, 6.45) is 2.84. The van der Waals surface area contributed by atoms with Crippen LogP contribution in [0.25, 0.3) is 0 Å². The van der Waals surface area contributed by atoms with Crippen LogP contribution in [-0.4, -0.2) is 5.55 Å². The zero-order valence-corrected chi connectivity index (χ0v) is 11.7. The Balaban J connectivity index is 2.51. The van der Waals surface area contributed by atoms with Crippen LogP contribution in [0.15, 0.2) is 0 Å². The van der Waals surface area contributed by atoms with Crippen molar-refractivity contribution in [1.82, 2.24) is 0 Å². The number of halogens is 3. The Morgan fingerprint density at radius 2 is 2.33 bits per heavy atom. The average molecular weight is 462 g/mol. The molecule has 0 radical (unpaired) electrons. The lowest BCUT2D eigenvalue weighted by atomic mass is 10.4. The lowest BCUT2D eigenvalue weighted by Gasteiger charge is -1.96. The highest BCUT2D eigenvalue weighted by Gasteiger charge is 1.91. The van der Waals surface area contributed by atoms with E-state index in [4.69, 9.17) is 0 Å². The second-order valence-corrected chi connectivity index (χ2v) is 15.5. The molecule has 54 valence electrons. The SMILES string of the molecule is CCCC1=IC=IC=I1. The predicted octanol–water partition coefficient (Wildman–Crippen LogP) is 3.36. The van der Waals surface area contributed by atoms with Crippen molar-refractivity contribution in [1.29, 1.82) is 0 Å². The maximum absolute atomic E-state index is 2.62. The number of hydrogen-bond acceptors (Lipinski definition) is 0. The zero-order chi connectivity index (χ0) is 6.53. The number of hydrogen-bond donors (Lipinski definition) is 0. The molecule has 0 aromatic rings. The summed E-state index contributed by atoms with van der Waals surface area (Å²) >= 11 is 1.50. The summed E-state index contributed by atoms with van der Waals surface area (Å²) in [5, 5.41) is 0. The van der Waals surface area contributed by atoms with Crippen LogP contribution in [0.1, 0.15) is 19.8 Å². The van der Waals surface area contributed by atoms with Gasteiger partial charge in [0.1, 0.15) is 0 Å². The third kappa shape index (κ3) is 3.64. The highest BCUT2D eigenvalue weighted by molar-refractivity contribution is 14.3. The normalized spacial score (nSPS) is 18.6. The zero-order valence-electron chi connectivity index (χ0n) is 5.20. The Bertz CT molecular complexity index is 167. The quantitative estimate of drug-likeness (QED) is 0.553. The fourth-order valence-corrected chi connectivity index (χ4v) is 22.7. The van der Waals surface area contributed by atoms with E-state index in [0.29, 0.717) is 62.2 Å². The smallest absolute Gasteiger partial charge is 0.0192 e. The molecule has 0 N–H and O–H groups in total. The van der Waals surface area contributed by atoms with Gasteiger partial charge in [0.05, 0.1) is 0 Å². The van der Waals surface area contributed by atoms with Gasteiger partial charge >= 0.3 is 0 Å². The molecule has 1 aliphatic rings. The molecule has 0 atom stereocenters. The van der Waals surface area contributed by atoms with E-state index in [2.05, 4.69) is 11.0 Å². The summed E-state index contributed by atoms with van der Waals surface area (Å²) in [5.41, 5.74) is 0. The largest absolute Gasteiger partial charge is 0.0811 e. The van der Waals surface area contributed by atoms with E-state index < -0.39 is 0 Å². The fourth-order valence-electron chi connectivity index (χ4n) is 0.477. The molecule has 0 saturated carbocycles. The first-order chi connectivity index (χ1) is 4.43. The van der Waals surface area contributed by atoms with E-state index in [1.165, 1.54) is 12.8 Å². The van der Waals surface area contributed by atoms with Gasteiger partial charge in [-0.2, -0.15) is 0 Å². The van der Waals surface area contributed by atoms with Crippen molar-refractivity contribution in [3.8, 4) is 0 Å². The van der Waals surface area contributed by atoms with Gasteiger partial charge in [-0.05, 0) is 6.42 Å². The molecule has 0 nitrogen and oxygen atoms in total. The van der Waals surface area contributed by atoms with E-state index in [1.807, 2.05) is 1.52 Å². The van der Waals surface area contributed by atoms with Crippen LogP contribution in [0.3, 0.4) is 0 Å². The average Bonchev–Trinajstić information content (AvgIpc) is 1.91. The van der Waals surface area contributed by atoms with Crippen molar-refractivity contribution >= 4 is 67.7 Å². The van der Waals surface area contributed by atoms with Gasteiger partial charge in [0.25, 0.3) is 0 Å². The van der Waals surface area contributed by atoms with Crippen LogP contribution in [0.4, 0.5) is 0 Å². The van der Waals surface area contributed by atoms with Crippen LogP contribution < -0.4 is 0 Å². The van der Waals surface area contributed by atoms with Crippen LogP contribution in [0.5, 0.6) is 0 Å². The van der Waals surface area contributed by atoms with Crippen molar-refractivity contribution in [3.05, 3.63) is 0 Å². The first-order valence-corrected chi connectivity index (χ1v) is 9.95.